The summed E-state index contributed by atoms with van der Waals surface area (Å²) in [6.07, 6.45) is 4.75. The van der Waals surface area contributed by atoms with Crippen molar-refractivity contribution in [1.82, 2.24) is 0 Å². The Morgan fingerprint density at radius 1 is 0.963 bits per heavy atom. The molecule has 2 heteroatoms. The van der Waals surface area contributed by atoms with Gasteiger partial charge in [0.2, 0.25) is 5.69 Å². The number of aromatic nitrogens is 1. The van der Waals surface area contributed by atoms with Crippen molar-refractivity contribution in [3.63, 3.8) is 0 Å². The predicted octanol–water partition coefficient (Wildman–Crippen LogP) is 6.69. The molecule has 0 fully saturated rings. The van der Waals surface area contributed by atoms with Crippen LogP contribution < -0.4 is 4.57 Å². The van der Waals surface area contributed by atoms with E-state index in [2.05, 4.69) is 79.4 Å². The van der Waals surface area contributed by atoms with Gasteiger partial charge in [-0.15, -0.1) is 0 Å². The number of aryl methyl sites for hydroxylation is 6. The summed E-state index contributed by atoms with van der Waals surface area (Å²) in [5.41, 5.74) is 11.4. The zero-order valence-corrected chi connectivity index (χ0v) is 18.8. The first kappa shape index (κ1) is 18.7. The lowest BCUT2D eigenvalue weighted by Gasteiger charge is -2.21. The SMILES string of the molecule is CCCCc1c2c(C)c(C)cc(Br)c2cc2[n+]1CCc1cc(C)c(C)cc1-2. The summed E-state index contributed by atoms with van der Waals surface area (Å²) in [5, 5.41) is 2.83. The van der Waals surface area contributed by atoms with Crippen LogP contribution in [0.2, 0.25) is 0 Å². The second-order valence-corrected chi connectivity index (χ2v) is 9.02. The monoisotopic (exact) mass is 422 g/mol. The van der Waals surface area contributed by atoms with Gasteiger partial charge in [0.1, 0.15) is 0 Å². The molecule has 0 spiro atoms. The molecule has 1 aliphatic rings. The normalized spacial score (nSPS) is 13.0. The van der Waals surface area contributed by atoms with E-state index in [0.717, 1.165) is 19.4 Å². The number of hydrogen-bond donors (Lipinski definition) is 0. The Labute approximate surface area is 171 Å². The minimum Gasteiger partial charge on any atom is -0.195 e. The molecule has 0 saturated heterocycles. The van der Waals surface area contributed by atoms with Crippen LogP contribution in [0.1, 0.15) is 53.3 Å². The molecular weight excluding hydrogens is 394 g/mol. The number of nitrogens with zero attached hydrogens (tertiary/aromatic N) is 1. The highest BCUT2D eigenvalue weighted by Gasteiger charge is 2.29. The molecule has 0 atom stereocenters. The van der Waals surface area contributed by atoms with Crippen molar-refractivity contribution in [2.75, 3.05) is 0 Å². The summed E-state index contributed by atoms with van der Waals surface area (Å²) < 4.78 is 3.84. The Kier molecular flexibility index (Phi) is 4.88. The van der Waals surface area contributed by atoms with Crippen LogP contribution in [0.5, 0.6) is 0 Å². The molecule has 140 valence electrons. The van der Waals surface area contributed by atoms with E-state index in [1.54, 1.807) is 0 Å². The van der Waals surface area contributed by atoms with E-state index in [0.29, 0.717) is 0 Å². The van der Waals surface area contributed by atoms with E-state index in [1.165, 1.54) is 72.9 Å². The van der Waals surface area contributed by atoms with Crippen LogP contribution in [-0.4, -0.2) is 0 Å². The fraction of sp³-hybridized carbons (Fsp3) is 0.400. The number of hydrogen-bond acceptors (Lipinski definition) is 0. The van der Waals surface area contributed by atoms with E-state index >= 15 is 0 Å². The van der Waals surface area contributed by atoms with Gasteiger partial charge in [-0.2, -0.15) is 4.57 Å². The second-order valence-electron chi connectivity index (χ2n) is 8.16. The molecule has 2 heterocycles. The van der Waals surface area contributed by atoms with Gasteiger partial charge in [0.25, 0.3) is 0 Å². The fourth-order valence-electron chi connectivity index (χ4n) is 4.54. The maximum absolute atomic E-state index is 3.87. The van der Waals surface area contributed by atoms with Gasteiger partial charge in [-0.1, -0.05) is 35.3 Å². The van der Waals surface area contributed by atoms with Crippen molar-refractivity contribution in [2.24, 2.45) is 0 Å². The molecular formula is C25H29BrN+. The third-order valence-electron chi connectivity index (χ3n) is 6.39. The average molecular weight is 423 g/mol. The Morgan fingerprint density at radius 2 is 1.70 bits per heavy atom. The smallest absolute Gasteiger partial charge is 0.195 e. The summed E-state index contributed by atoms with van der Waals surface area (Å²) in [4.78, 5) is 0. The van der Waals surface area contributed by atoms with Crippen molar-refractivity contribution in [3.8, 4) is 11.3 Å². The summed E-state index contributed by atoms with van der Waals surface area (Å²) in [5.74, 6) is 0. The third kappa shape index (κ3) is 3.02. The Morgan fingerprint density at radius 3 is 2.44 bits per heavy atom. The van der Waals surface area contributed by atoms with Gasteiger partial charge in [0.15, 0.2) is 12.2 Å². The second kappa shape index (κ2) is 7.05. The van der Waals surface area contributed by atoms with E-state index in [1.807, 2.05) is 0 Å². The molecule has 0 unspecified atom stereocenters. The van der Waals surface area contributed by atoms with E-state index in [4.69, 9.17) is 0 Å². The van der Waals surface area contributed by atoms with Crippen LogP contribution in [0.15, 0.2) is 28.7 Å². The van der Waals surface area contributed by atoms with Crippen molar-refractivity contribution < 1.29 is 4.57 Å². The van der Waals surface area contributed by atoms with Gasteiger partial charge in [-0.25, -0.2) is 0 Å². The minimum absolute atomic E-state index is 1.09. The molecule has 0 saturated carbocycles. The highest BCUT2D eigenvalue weighted by molar-refractivity contribution is 9.10. The van der Waals surface area contributed by atoms with E-state index in [9.17, 15) is 0 Å². The van der Waals surface area contributed by atoms with Gasteiger partial charge in [-0.3, -0.25) is 0 Å². The number of benzene rings is 2. The molecule has 1 aliphatic heterocycles. The third-order valence-corrected chi connectivity index (χ3v) is 7.05. The highest BCUT2D eigenvalue weighted by Crippen LogP contribution is 2.36. The molecule has 0 aliphatic carbocycles. The van der Waals surface area contributed by atoms with Gasteiger partial charge >= 0.3 is 0 Å². The highest BCUT2D eigenvalue weighted by atomic mass is 79.9. The summed E-state index contributed by atoms with van der Waals surface area (Å²) in [6.45, 7) is 12.4. The van der Waals surface area contributed by atoms with Gasteiger partial charge in [0, 0.05) is 34.3 Å². The van der Waals surface area contributed by atoms with Crippen molar-refractivity contribution >= 4 is 26.7 Å². The molecule has 1 aromatic heterocycles. The molecule has 4 rings (SSSR count). The lowest BCUT2D eigenvalue weighted by Crippen LogP contribution is -2.44. The molecule has 0 N–H and O–H groups in total. The number of pyridine rings is 1. The van der Waals surface area contributed by atoms with Crippen LogP contribution in [-0.2, 0) is 19.4 Å². The zero-order valence-electron chi connectivity index (χ0n) is 17.2. The topological polar surface area (TPSA) is 3.88 Å². The summed E-state index contributed by atoms with van der Waals surface area (Å²) in [7, 11) is 0. The minimum atomic E-state index is 1.09. The lowest BCUT2D eigenvalue weighted by molar-refractivity contribution is -0.693. The quantitative estimate of drug-likeness (QED) is 0.413. The van der Waals surface area contributed by atoms with Gasteiger partial charge < -0.3 is 0 Å². The predicted molar refractivity (Wildman–Crippen MR) is 119 cm³/mol. The van der Waals surface area contributed by atoms with Crippen LogP contribution in [0.3, 0.4) is 0 Å². The maximum atomic E-state index is 3.87. The van der Waals surface area contributed by atoms with Crippen LogP contribution in [0.25, 0.3) is 22.0 Å². The Hall–Kier alpha value is -1.67. The molecule has 0 radical (unpaired) electrons. The number of rotatable bonds is 3. The molecule has 0 bridgehead atoms. The molecule has 1 nitrogen and oxygen atoms in total. The molecule has 27 heavy (non-hydrogen) atoms. The van der Waals surface area contributed by atoms with E-state index < -0.39 is 0 Å². The van der Waals surface area contributed by atoms with Crippen molar-refractivity contribution in [2.45, 2.75) is 66.8 Å². The van der Waals surface area contributed by atoms with Crippen LogP contribution >= 0.6 is 15.9 Å². The maximum Gasteiger partial charge on any atom is 0.213 e. The molecule has 0 amide bonds. The largest absolute Gasteiger partial charge is 0.213 e. The number of fused-ring (bicyclic) bond motifs is 4. The summed E-state index contributed by atoms with van der Waals surface area (Å²) in [6, 6.07) is 9.51. The molecule has 3 aromatic rings. The average Bonchev–Trinajstić information content (AvgIpc) is 2.64. The first-order valence-electron chi connectivity index (χ1n) is 10.2. The zero-order chi connectivity index (χ0) is 19.3. The number of halogens is 1. The number of unbranched alkanes of at least 4 members (excludes halogenated alkanes) is 1. The Bertz CT molecular complexity index is 1060. The fourth-order valence-corrected chi connectivity index (χ4v) is 5.20. The standard InChI is InChI=1S/C25H29BrN/c1-6-7-8-23-25-18(5)17(4)13-22(26)21(25)14-24-20-12-16(3)15(2)11-19(20)9-10-27(23)24/h11-14H,6-10H2,1-5H3/q+1. The van der Waals surface area contributed by atoms with Gasteiger partial charge in [0.05, 0.1) is 5.39 Å². The van der Waals surface area contributed by atoms with Gasteiger partial charge in [-0.05, 0) is 74.1 Å². The lowest BCUT2D eigenvalue weighted by atomic mass is 9.89. The first-order valence-corrected chi connectivity index (χ1v) is 11.0. The van der Waals surface area contributed by atoms with Crippen LogP contribution in [0, 0.1) is 27.7 Å². The van der Waals surface area contributed by atoms with Crippen LogP contribution in [0.4, 0.5) is 0 Å². The van der Waals surface area contributed by atoms with Crippen molar-refractivity contribution in [3.05, 3.63) is 62.2 Å². The van der Waals surface area contributed by atoms with E-state index in [-0.39, 0.29) is 0 Å². The molecule has 2 aromatic carbocycles. The summed E-state index contributed by atoms with van der Waals surface area (Å²) >= 11 is 3.87. The van der Waals surface area contributed by atoms with Crippen molar-refractivity contribution in [1.29, 1.82) is 0 Å². The Balaban J connectivity index is 2.10. The first-order chi connectivity index (χ1) is 12.9.